The van der Waals surface area contributed by atoms with E-state index in [-0.39, 0.29) is 36.1 Å². The lowest BCUT2D eigenvalue weighted by Crippen LogP contribution is -2.10. The molecule has 2 N–H and O–H groups in total. The van der Waals surface area contributed by atoms with Crippen LogP contribution in [0, 0.1) is 0 Å². The molecule has 0 unspecified atom stereocenters. The highest BCUT2D eigenvalue weighted by molar-refractivity contribution is 6.36. The minimum atomic E-state index is -0.311. The van der Waals surface area contributed by atoms with E-state index >= 15 is 0 Å². The quantitative estimate of drug-likeness (QED) is 0.525. The van der Waals surface area contributed by atoms with E-state index in [1.54, 1.807) is 25.3 Å². The van der Waals surface area contributed by atoms with E-state index in [4.69, 9.17) is 42.8 Å². The van der Waals surface area contributed by atoms with Gasteiger partial charge in [-0.05, 0) is 25.1 Å². The highest BCUT2D eigenvalue weighted by Gasteiger charge is 2.22. The van der Waals surface area contributed by atoms with Crippen LogP contribution in [0.3, 0.4) is 0 Å². The van der Waals surface area contributed by atoms with E-state index in [2.05, 4.69) is 9.97 Å². The van der Waals surface area contributed by atoms with Crippen molar-refractivity contribution in [2.75, 3.05) is 13.7 Å². The van der Waals surface area contributed by atoms with Crippen LogP contribution >= 0.6 is 23.2 Å². The van der Waals surface area contributed by atoms with Crippen molar-refractivity contribution >= 4 is 29.0 Å². The van der Waals surface area contributed by atoms with Crippen molar-refractivity contribution in [3.8, 4) is 23.0 Å². The van der Waals surface area contributed by atoms with Gasteiger partial charge >= 0.3 is 0 Å². The standard InChI is InChI=1S/C20H19Cl2N3O4/c1-3-28-17-6-11(4-5-16(17)27-2)20-25-19(18(8-23)29-20)15(26)7-12-13(21)9-24-10-14(12)22/h4-6,9-10H,3,7-8,23H2,1-2H3. The van der Waals surface area contributed by atoms with Gasteiger partial charge in [0, 0.05) is 29.9 Å². The minimum Gasteiger partial charge on any atom is -0.493 e. The van der Waals surface area contributed by atoms with Gasteiger partial charge in [0.05, 0.1) is 30.3 Å². The smallest absolute Gasteiger partial charge is 0.227 e. The zero-order valence-corrected chi connectivity index (χ0v) is 17.4. The van der Waals surface area contributed by atoms with Gasteiger partial charge in [-0.3, -0.25) is 9.78 Å². The lowest BCUT2D eigenvalue weighted by Gasteiger charge is -2.09. The first-order chi connectivity index (χ1) is 14.0. The normalized spacial score (nSPS) is 10.8. The molecule has 0 saturated heterocycles. The number of pyridine rings is 1. The summed E-state index contributed by atoms with van der Waals surface area (Å²) >= 11 is 12.2. The van der Waals surface area contributed by atoms with E-state index in [0.29, 0.717) is 39.3 Å². The lowest BCUT2D eigenvalue weighted by molar-refractivity contribution is 0.0987. The summed E-state index contributed by atoms with van der Waals surface area (Å²) in [6.45, 7) is 2.35. The molecular formula is C20H19Cl2N3O4. The molecule has 0 saturated carbocycles. The van der Waals surface area contributed by atoms with E-state index in [1.165, 1.54) is 12.4 Å². The SMILES string of the molecule is CCOc1cc(-c2nc(C(=O)Cc3c(Cl)cncc3Cl)c(CN)o2)ccc1OC. The molecule has 0 aliphatic heterocycles. The number of halogens is 2. The molecule has 0 aliphatic carbocycles. The number of nitrogens with two attached hydrogens (primary N) is 1. The lowest BCUT2D eigenvalue weighted by atomic mass is 10.1. The Kier molecular flexibility index (Phi) is 6.74. The monoisotopic (exact) mass is 435 g/mol. The Balaban J connectivity index is 1.95. The molecular weight excluding hydrogens is 417 g/mol. The molecule has 1 aromatic carbocycles. The zero-order valence-electron chi connectivity index (χ0n) is 15.9. The maximum absolute atomic E-state index is 12.9. The third-order valence-corrected chi connectivity index (χ3v) is 4.80. The van der Waals surface area contributed by atoms with Crippen molar-refractivity contribution in [1.82, 2.24) is 9.97 Å². The molecule has 2 heterocycles. The van der Waals surface area contributed by atoms with Crippen LogP contribution in [0.4, 0.5) is 0 Å². The second-order valence-corrected chi connectivity index (χ2v) is 6.79. The van der Waals surface area contributed by atoms with E-state index < -0.39 is 0 Å². The molecule has 0 fully saturated rings. The van der Waals surface area contributed by atoms with Crippen molar-refractivity contribution in [2.24, 2.45) is 5.73 Å². The number of nitrogens with zero attached hydrogens (tertiary/aromatic N) is 2. The number of benzene rings is 1. The minimum absolute atomic E-state index is 0.0142. The number of rotatable bonds is 8. The van der Waals surface area contributed by atoms with Crippen molar-refractivity contribution in [2.45, 2.75) is 19.9 Å². The number of hydrogen-bond donors (Lipinski definition) is 1. The van der Waals surface area contributed by atoms with E-state index in [9.17, 15) is 4.79 Å². The largest absolute Gasteiger partial charge is 0.493 e. The van der Waals surface area contributed by atoms with Crippen LogP contribution < -0.4 is 15.2 Å². The number of carbonyl (C=O) groups is 1. The van der Waals surface area contributed by atoms with Crippen LogP contribution in [-0.2, 0) is 13.0 Å². The molecule has 0 aliphatic rings. The third-order valence-electron chi connectivity index (χ3n) is 4.15. The summed E-state index contributed by atoms with van der Waals surface area (Å²) in [7, 11) is 1.56. The van der Waals surface area contributed by atoms with E-state index in [1.807, 2.05) is 6.92 Å². The fourth-order valence-electron chi connectivity index (χ4n) is 2.76. The summed E-state index contributed by atoms with van der Waals surface area (Å²) in [6.07, 6.45) is 2.81. The Hall–Kier alpha value is -2.61. The van der Waals surface area contributed by atoms with Gasteiger partial charge in [0.2, 0.25) is 5.89 Å². The number of oxazole rings is 1. The van der Waals surface area contributed by atoms with Gasteiger partial charge in [-0.25, -0.2) is 4.98 Å². The Morgan fingerprint density at radius 2 is 1.93 bits per heavy atom. The predicted octanol–water partition coefficient (Wildman–Crippen LogP) is 4.33. The molecule has 152 valence electrons. The first-order valence-corrected chi connectivity index (χ1v) is 9.56. The molecule has 0 atom stereocenters. The number of ketones is 1. The van der Waals surface area contributed by atoms with Crippen LogP contribution in [0.1, 0.15) is 28.7 Å². The van der Waals surface area contributed by atoms with Crippen LogP contribution in [-0.4, -0.2) is 29.5 Å². The third kappa shape index (κ3) is 4.53. The van der Waals surface area contributed by atoms with Gasteiger partial charge in [-0.1, -0.05) is 23.2 Å². The molecule has 0 radical (unpaired) electrons. The summed E-state index contributed by atoms with van der Waals surface area (Å²) in [5.74, 6) is 1.35. The number of carbonyl (C=O) groups excluding carboxylic acids is 1. The van der Waals surface area contributed by atoms with Crippen molar-refractivity contribution in [3.63, 3.8) is 0 Å². The van der Waals surface area contributed by atoms with Gasteiger partial charge in [-0.15, -0.1) is 0 Å². The van der Waals surface area contributed by atoms with Gasteiger partial charge in [0.15, 0.2) is 23.0 Å². The number of aromatic nitrogens is 2. The summed E-state index contributed by atoms with van der Waals surface area (Å²) in [5.41, 5.74) is 7.01. The zero-order chi connectivity index (χ0) is 21.0. The average molecular weight is 436 g/mol. The molecule has 0 bridgehead atoms. The van der Waals surface area contributed by atoms with Gasteiger partial charge in [-0.2, -0.15) is 0 Å². The number of methoxy groups -OCH3 is 1. The number of Topliss-reactive ketones (excluding diaryl/α,β-unsaturated/α-hetero) is 1. The van der Waals surface area contributed by atoms with Crippen LogP contribution in [0.5, 0.6) is 11.5 Å². The van der Waals surface area contributed by atoms with Gasteiger partial charge in [0.1, 0.15) is 5.76 Å². The molecule has 0 spiro atoms. The number of hydrogen-bond acceptors (Lipinski definition) is 7. The van der Waals surface area contributed by atoms with Gasteiger partial charge < -0.3 is 19.6 Å². The summed E-state index contributed by atoms with van der Waals surface area (Å²) in [5, 5.41) is 0.612. The summed E-state index contributed by atoms with van der Waals surface area (Å²) in [6, 6.07) is 5.24. The second-order valence-electron chi connectivity index (χ2n) is 5.98. The Morgan fingerprint density at radius 1 is 1.21 bits per heavy atom. The molecule has 7 nitrogen and oxygen atoms in total. The Labute approximate surface area is 177 Å². The summed E-state index contributed by atoms with van der Waals surface area (Å²) in [4.78, 5) is 21.1. The fraction of sp³-hybridized carbons (Fsp3) is 0.250. The van der Waals surface area contributed by atoms with Gasteiger partial charge in [0.25, 0.3) is 0 Å². The van der Waals surface area contributed by atoms with Crippen molar-refractivity contribution < 1.29 is 18.7 Å². The molecule has 2 aromatic heterocycles. The maximum Gasteiger partial charge on any atom is 0.227 e. The average Bonchev–Trinajstić information content (AvgIpc) is 3.15. The maximum atomic E-state index is 12.9. The summed E-state index contributed by atoms with van der Waals surface area (Å²) < 4.78 is 16.6. The first-order valence-electron chi connectivity index (χ1n) is 8.80. The predicted molar refractivity (Wildman–Crippen MR) is 110 cm³/mol. The molecule has 29 heavy (non-hydrogen) atoms. The Bertz CT molecular complexity index is 1020. The molecule has 3 aromatic rings. The molecule has 9 heteroatoms. The Morgan fingerprint density at radius 3 is 2.55 bits per heavy atom. The first kappa shape index (κ1) is 21.1. The number of ether oxygens (including phenoxy) is 2. The topological polar surface area (TPSA) is 100 Å². The highest BCUT2D eigenvalue weighted by atomic mass is 35.5. The fourth-order valence-corrected chi connectivity index (χ4v) is 3.26. The van der Waals surface area contributed by atoms with Crippen molar-refractivity contribution in [3.05, 3.63) is 57.7 Å². The second kappa shape index (κ2) is 9.26. The van der Waals surface area contributed by atoms with E-state index in [0.717, 1.165) is 0 Å². The van der Waals surface area contributed by atoms with Crippen LogP contribution in [0.15, 0.2) is 35.0 Å². The van der Waals surface area contributed by atoms with Crippen LogP contribution in [0.2, 0.25) is 10.0 Å². The highest BCUT2D eigenvalue weighted by Crippen LogP contribution is 2.33. The molecule has 3 rings (SSSR count). The van der Waals surface area contributed by atoms with Crippen LogP contribution in [0.25, 0.3) is 11.5 Å². The van der Waals surface area contributed by atoms with Crippen molar-refractivity contribution in [1.29, 1.82) is 0 Å². The molecule has 0 amide bonds.